The van der Waals surface area contributed by atoms with Crippen LogP contribution < -0.4 is 16.0 Å². The number of carbonyl (C=O) groups excluding carboxylic acids is 1. The van der Waals surface area contributed by atoms with Gasteiger partial charge in [0, 0.05) is 43.1 Å². The first kappa shape index (κ1) is 18.9. The van der Waals surface area contributed by atoms with Crippen molar-refractivity contribution in [1.29, 1.82) is 0 Å². The van der Waals surface area contributed by atoms with E-state index in [1.807, 2.05) is 0 Å². The Hall–Kier alpha value is -3.06. The number of aromatic amines is 1. The van der Waals surface area contributed by atoms with Crippen molar-refractivity contribution in [3.8, 4) is 0 Å². The maximum absolute atomic E-state index is 12.6. The number of nitrogens with one attached hydrogen (secondary N) is 2. The van der Waals surface area contributed by atoms with E-state index < -0.39 is 5.76 Å². The number of hydrogen-bond acceptors (Lipinski definition) is 5. The molecule has 0 spiro atoms. The van der Waals surface area contributed by atoms with Crippen molar-refractivity contribution in [3.63, 3.8) is 0 Å². The topological polar surface area (TPSA) is 81.6 Å². The predicted octanol–water partition coefficient (Wildman–Crippen LogP) is 2.76. The lowest BCUT2D eigenvalue weighted by molar-refractivity contribution is -0.117. The summed E-state index contributed by atoms with van der Waals surface area (Å²) in [6.45, 7) is 5.18. The minimum Gasteiger partial charge on any atom is -0.408 e. The second-order valence-electron chi connectivity index (χ2n) is 8.35. The number of oxazole rings is 1. The number of hydrogen-bond donors (Lipinski definition) is 2. The van der Waals surface area contributed by atoms with E-state index in [1.54, 1.807) is 18.2 Å². The van der Waals surface area contributed by atoms with E-state index >= 15 is 0 Å². The van der Waals surface area contributed by atoms with E-state index in [4.69, 9.17) is 4.42 Å². The molecule has 5 rings (SSSR count). The zero-order valence-electron chi connectivity index (χ0n) is 17.1. The first-order chi connectivity index (χ1) is 14.5. The van der Waals surface area contributed by atoms with Crippen LogP contribution in [-0.4, -0.2) is 48.0 Å². The Labute approximate surface area is 174 Å². The summed E-state index contributed by atoms with van der Waals surface area (Å²) in [5.41, 5.74) is 5.98. The van der Waals surface area contributed by atoms with Crippen molar-refractivity contribution in [2.24, 2.45) is 0 Å². The molecule has 3 aromatic rings. The highest BCUT2D eigenvalue weighted by atomic mass is 16.4. The minimum atomic E-state index is -0.497. The van der Waals surface area contributed by atoms with Gasteiger partial charge in [0.15, 0.2) is 5.58 Å². The average Bonchev–Trinajstić information content (AvgIpc) is 3.33. The van der Waals surface area contributed by atoms with Gasteiger partial charge in [-0.15, -0.1) is 0 Å². The van der Waals surface area contributed by atoms with Gasteiger partial charge in [-0.3, -0.25) is 14.7 Å². The van der Waals surface area contributed by atoms with Crippen molar-refractivity contribution >= 4 is 28.4 Å². The molecule has 2 aliphatic rings. The molecule has 1 aromatic heterocycles. The van der Waals surface area contributed by atoms with Crippen molar-refractivity contribution < 1.29 is 9.21 Å². The third-order valence-electron chi connectivity index (χ3n) is 6.26. The van der Waals surface area contributed by atoms with Crippen LogP contribution in [0.25, 0.3) is 11.1 Å². The van der Waals surface area contributed by atoms with E-state index in [1.165, 1.54) is 36.1 Å². The Bertz CT molecular complexity index is 1150. The number of rotatable bonds is 4. The Balaban J connectivity index is 1.19. The number of amides is 1. The first-order valence-corrected chi connectivity index (χ1v) is 10.6. The second-order valence-corrected chi connectivity index (χ2v) is 8.35. The van der Waals surface area contributed by atoms with Gasteiger partial charge in [-0.05, 0) is 61.6 Å². The Morgan fingerprint density at radius 1 is 1.17 bits per heavy atom. The molecule has 2 N–H and O–H groups in total. The van der Waals surface area contributed by atoms with Gasteiger partial charge in [-0.25, -0.2) is 4.79 Å². The highest BCUT2D eigenvalue weighted by Gasteiger charge is 2.26. The summed E-state index contributed by atoms with van der Waals surface area (Å²) in [6.07, 6.45) is 3.66. The van der Waals surface area contributed by atoms with Gasteiger partial charge in [0.05, 0.1) is 12.1 Å². The third-order valence-corrected chi connectivity index (χ3v) is 6.26. The largest absolute Gasteiger partial charge is 0.417 e. The number of benzene rings is 2. The summed E-state index contributed by atoms with van der Waals surface area (Å²) < 4.78 is 5.06. The minimum absolute atomic E-state index is 0.0648. The van der Waals surface area contributed by atoms with E-state index in [0.29, 0.717) is 23.3 Å². The molecule has 30 heavy (non-hydrogen) atoms. The summed E-state index contributed by atoms with van der Waals surface area (Å²) in [5, 5.41) is 2.91. The molecule has 1 fully saturated rings. The molecule has 0 bridgehead atoms. The summed E-state index contributed by atoms with van der Waals surface area (Å²) in [5.74, 6) is -0.561. The normalized spacial score (nSPS) is 19.2. The van der Waals surface area contributed by atoms with Gasteiger partial charge in [0.2, 0.25) is 5.91 Å². The molecule has 1 amide bonds. The number of carbonyl (C=O) groups is 1. The van der Waals surface area contributed by atoms with Gasteiger partial charge in [0.1, 0.15) is 0 Å². The standard InChI is InChI=1S/C23H26N4O3/c1-15-13-27(19-7-5-16-3-2-4-17(16)11-19)10-9-26(15)14-22(28)24-18-6-8-20-21(12-18)30-23(29)25-20/h5-8,11-12,15H,2-4,9-10,13-14H2,1H3,(H,24,28)(H,25,29)/t15-/m1/s1. The highest BCUT2D eigenvalue weighted by molar-refractivity contribution is 5.94. The van der Waals surface area contributed by atoms with Crippen LogP contribution in [0, 0.1) is 0 Å². The lowest BCUT2D eigenvalue weighted by Gasteiger charge is -2.40. The Kier molecular flexibility index (Phi) is 4.83. The van der Waals surface area contributed by atoms with E-state index in [-0.39, 0.29) is 11.9 Å². The molecule has 0 unspecified atom stereocenters. The molecule has 7 heteroatoms. The highest BCUT2D eigenvalue weighted by Crippen LogP contribution is 2.28. The SMILES string of the molecule is C[C@@H]1CN(c2ccc3c(c2)CCC3)CCN1CC(=O)Nc1ccc2[nH]c(=O)oc2c1. The summed E-state index contributed by atoms with van der Waals surface area (Å²) >= 11 is 0. The fourth-order valence-corrected chi connectivity index (χ4v) is 4.63. The number of nitrogens with zero attached hydrogens (tertiary/aromatic N) is 2. The van der Waals surface area contributed by atoms with Crippen LogP contribution in [-0.2, 0) is 17.6 Å². The number of H-pyrrole nitrogens is 1. The van der Waals surface area contributed by atoms with Crippen LogP contribution in [0.2, 0.25) is 0 Å². The maximum atomic E-state index is 12.6. The molecular weight excluding hydrogens is 380 g/mol. The molecule has 2 aromatic carbocycles. The van der Waals surface area contributed by atoms with Gasteiger partial charge in [-0.2, -0.15) is 0 Å². The zero-order chi connectivity index (χ0) is 20.7. The summed E-state index contributed by atoms with van der Waals surface area (Å²) in [7, 11) is 0. The summed E-state index contributed by atoms with van der Waals surface area (Å²) in [6, 6.07) is 12.3. The molecule has 2 heterocycles. The average molecular weight is 406 g/mol. The molecule has 156 valence electrons. The Morgan fingerprint density at radius 3 is 2.90 bits per heavy atom. The van der Waals surface area contributed by atoms with Crippen molar-refractivity contribution in [1.82, 2.24) is 9.88 Å². The smallest absolute Gasteiger partial charge is 0.408 e. The van der Waals surface area contributed by atoms with Gasteiger partial charge >= 0.3 is 5.76 Å². The van der Waals surface area contributed by atoms with Crippen molar-refractivity contribution in [2.45, 2.75) is 32.2 Å². The molecule has 7 nitrogen and oxygen atoms in total. The monoisotopic (exact) mass is 406 g/mol. The molecule has 1 saturated heterocycles. The van der Waals surface area contributed by atoms with E-state index in [2.05, 4.69) is 45.2 Å². The molecule has 1 aliphatic heterocycles. The van der Waals surface area contributed by atoms with Gasteiger partial charge in [0.25, 0.3) is 0 Å². The predicted molar refractivity (Wildman–Crippen MR) is 117 cm³/mol. The van der Waals surface area contributed by atoms with E-state index in [0.717, 1.165) is 19.6 Å². The maximum Gasteiger partial charge on any atom is 0.417 e. The van der Waals surface area contributed by atoms with E-state index in [9.17, 15) is 9.59 Å². The number of piperazine rings is 1. The fraction of sp³-hybridized carbons (Fsp3) is 0.391. The van der Waals surface area contributed by atoms with Crippen molar-refractivity contribution in [2.75, 3.05) is 36.4 Å². The lowest BCUT2D eigenvalue weighted by atomic mass is 10.1. The lowest BCUT2D eigenvalue weighted by Crippen LogP contribution is -2.53. The first-order valence-electron chi connectivity index (χ1n) is 10.6. The Morgan fingerprint density at radius 2 is 2.03 bits per heavy atom. The molecule has 1 aliphatic carbocycles. The van der Waals surface area contributed by atoms with Crippen LogP contribution in [0.5, 0.6) is 0 Å². The van der Waals surface area contributed by atoms with Gasteiger partial charge in [-0.1, -0.05) is 6.07 Å². The van der Waals surface area contributed by atoms with Crippen LogP contribution in [0.1, 0.15) is 24.5 Å². The molecule has 1 atom stereocenters. The second kappa shape index (κ2) is 7.65. The van der Waals surface area contributed by atoms with Crippen molar-refractivity contribution in [3.05, 3.63) is 58.1 Å². The third kappa shape index (κ3) is 3.73. The van der Waals surface area contributed by atoms with Crippen LogP contribution in [0.4, 0.5) is 11.4 Å². The van der Waals surface area contributed by atoms with Gasteiger partial charge < -0.3 is 14.6 Å². The molecule has 0 saturated carbocycles. The zero-order valence-corrected chi connectivity index (χ0v) is 17.1. The quantitative estimate of drug-likeness (QED) is 0.696. The number of aryl methyl sites for hydroxylation is 2. The van der Waals surface area contributed by atoms with Crippen LogP contribution in [0.15, 0.2) is 45.6 Å². The molecule has 0 radical (unpaired) electrons. The number of fused-ring (bicyclic) bond motifs is 2. The molecular formula is C23H26N4O3. The van der Waals surface area contributed by atoms with Crippen LogP contribution in [0.3, 0.4) is 0 Å². The van der Waals surface area contributed by atoms with Crippen LogP contribution >= 0.6 is 0 Å². The number of aromatic nitrogens is 1. The summed E-state index contributed by atoms with van der Waals surface area (Å²) in [4.78, 5) is 31.1. The fourth-order valence-electron chi connectivity index (χ4n) is 4.63. The number of anilines is 2.